The van der Waals surface area contributed by atoms with Crippen LogP contribution in [0.15, 0.2) is 78.9 Å². The van der Waals surface area contributed by atoms with Gasteiger partial charge in [0.05, 0.1) is 68.2 Å². The predicted molar refractivity (Wildman–Crippen MR) is 271 cm³/mol. The van der Waals surface area contributed by atoms with Crippen molar-refractivity contribution in [3.63, 3.8) is 0 Å². The number of rotatable bonds is 15. The highest BCUT2D eigenvalue weighted by atomic mass is 19.4. The minimum Gasteiger partial charge on any atom is -0.453 e. The molecule has 0 spiro atoms. The number of piperazine rings is 1. The molecule has 4 aliphatic rings. The normalized spacial score (nSPS) is 19.7. The average Bonchev–Trinajstić information content (AvgIpc) is 3.76. The number of aliphatic hydroxyl groups excluding tert-OH is 1. The number of methoxy groups -OCH3 is 2. The number of alkyl carbamates (subject to hydrolysis) is 2. The molecule has 418 valence electrons. The van der Waals surface area contributed by atoms with E-state index in [1.54, 1.807) is 30.5 Å². The van der Waals surface area contributed by atoms with Gasteiger partial charge < -0.3 is 45.6 Å². The van der Waals surface area contributed by atoms with Gasteiger partial charge >= 0.3 is 24.5 Å². The van der Waals surface area contributed by atoms with Crippen LogP contribution < -0.4 is 26.3 Å². The molecule has 78 heavy (non-hydrogen) atoms. The molecule has 2 aromatic heterocycles. The van der Waals surface area contributed by atoms with E-state index in [1.165, 1.54) is 30.6 Å². The number of benzene rings is 2. The number of pyridine rings is 1. The number of anilines is 1. The van der Waals surface area contributed by atoms with E-state index < -0.39 is 84.4 Å². The lowest BCUT2D eigenvalue weighted by atomic mass is 9.81. The van der Waals surface area contributed by atoms with E-state index in [4.69, 9.17) is 14.5 Å². The van der Waals surface area contributed by atoms with Gasteiger partial charge in [0.25, 0.3) is 0 Å². The molecule has 2 aromatic carbocycles. The van der Waals surface area contributed by atoms with Crippen molar-refractivity contribution in [1.82, 2.24) is 46.2 Å². The molecule has 6 heterocycles. The van der Waals surface area contributed by atoms with Crippen LogP contribution in [0.25, 0.3) is 17.5 Å². The molecule has 0 saturated carbocycles. The average molecular weight is 1100 g/mol. The number of carbonyl (C=O) groups excluding carboxylic acids is 3. The number of aliphatic hydroxyl groups is 1. The summed E-state index contributed by atoms with van der Waals surface area (Å²) in [6.45, 7) is 5.23. The van der Waals surface area contributed by atoms with E-state index in [0.29, 0.717) is 48.7 Å². The third-order valence-electron chi connectivity index (χ3n) is 15.0. The van der Waals surface area contributed by atoms with Gasteiger partial charge in [-0.15, -0.1) is 0 Å². The number of nitrogens with zero attached hydrogens (tertiary/aromatic N) is 6. The zero-order chi connectivity index (χ0) is 56.3. The number of halogens is 7. The molecule has 3 fully saturated rings. The van der Waals surface area contributed by atoms with Crippen LogP contribution in [0, 0.1) is 28.5 Å². The Hall–Kier alpha value is -7.07. The van der Waals surface area contributed by atoms with Crippen LogP contribution in [-0.2, 0) is 32.0 Å². The van der Waals surface area contributed by atoms with E-state index in [1.807, 2.05) is 17.4 Å². The molecule has 6 atom stereocenters. The number of β-amino-alcohol motifs (C(OH)–C–C–N with tert-alkyl or cyclic N) is 1. The van der Waals surface area contributed by atoms with Crippen LogP contribution in [0.2, 0.25) is 0 Å². The van der Waals surface area contributed by atoms with Crippen molar-refractivity contribution in [2.24, 2.45) is 10.8 Å². The Bertz CT molecular complexity index is 2880. The van der Waals surface area contributed by atoms with E-state index in [9.17, 15) is 45.8 Å². The van der Waals surface area contributed by atoms with Gasteiger partial charge in [0.2, 0.25) is 5.91 Å². The number of hydrogen-bond acceptors (Lipinski definition) is 14. The van der Waals surface area contributed by atoms with Crippen molar-refractivity contribution in [1.29, 1.82) is 0 Å². The van der Waals surface area contributed by atoms with Crippen LogP contribution in [0.5, 0.6) is 0 Å². The molecule has 0 radical (unpaired) electrons. The van der Waals surface area contributed by atoms with Crippen molar-refractivity contribution in [3.05, 3.63) is 113 Å². The Morgan fingerprint density at radius 3 is 2.01 bits per heavy atom. The van der Waals surface area contributed by atoms with E-state index >= 15 is 4.39 Å². The van der Waals surface area contributed by atoms with Crippen molar-refractivity contribution < 1.29 is 64.4 Å². The second kappa shape index (κ2) is 23.1. The zero-order valence-electron chi connectivity index (χ0n) is 43.6. The van der Waals surface area contributed by atoms with E-state index in [0.717, 1.165) is 84.1 Å². The summed E-state index contributed by atoms with van der Waals surface area (Å²) < 4.78 is 120. The third kappa shape index (κ3) is 12.6. The second-order valence-electron chi connectivity index (χ2n) is 20.9. The van der Waals surface area contributed by atoms with Crippen LogP contribution in [0.1, 0.15) is 68.4 Å². The van der Waals surface area contributed by atoms with Gasteiger partial charge in [-0.2, -0.15) is 26.3 Å². The first-order valence-corrected chi connectivity index (χ1v) is 25.2. The summed E-state index contributed by atoms with van der Waals surface area (Å²) in [7, 11) is 1.85. The summed E-state index contributed by atoms with van der Waals surface area (Å²) in [5.41, 5.74) is -1.44. The fourth-order valence-electron chi connectivity index (χ4n) is 10.1. The standard InChI is InChI=1S/C54H61F7N10O7/c1-51(2,53(56,57)58)45(66-49(74)76-5)42-23-34-21-35(47-62-18-7-19-63-47)22-40(55)39(34)27-70(68-42)28-43(72)41(65-48(73)46(67-50(75)77-6)52(3,4)54(59,60)61)20-32-11-8-31(9-12-32)10-13-33-14-17-44(64-24-33)69-25-36-15-16-37(26-69)71(36)38-29-78-30-38/h7-9,11-12,14,17-19,21-24,36-38,41,43,45-46,68,72H,15-16,20,25-30H2,1-6H3,(H,65,73)(H,66,74)(H,67,75)/t36?,37?,41-,43-,45+,46+/m0/s1. The first-order chi connectivity index (χ1) is 36.9. The van der Waals surface area contributed by atoms with Gasteiger partial charge in [-0.1, -0.05) is 24.0 Å². The number of amides is 3. The van der Waals surface area contributed by atoms with Crippen LogP contribution in [0.4, 0.5) is 46.1 Å². The smallest absolute Gasteiger partial charge is 0.407 e. The van der Waals surface area contributed by atoms with Gasteiger partial charge in [-0.25, -0.2) is 33.9 Å². The number of carbonyl (C=O) groups is 3. The molecule has 0 aliphatic carbocycles. The summed E-state index contributed by atoms with van der Waals surface area (Å²) in [6.07, 6.45) is -6.75. The Kier molecular flexibility index (Phi) is 16.9. The number of fused-ring (bicyclic) bond motifs is 3. The lowest BCUT2D eigenvalue weighted by molar-refractivity contribution is -0.220. The maximum Gasteiger partial charge on any atom is 0.407 e. The van der Waals surface area contributed by atoms with Crippen molar-refractivity contribution in [2.45, 2.75) is 108 Å². The Morgan fingerprint density at radius 1 is 0.821 bits per heavy atom. The molecule has 4 aromatic rings. The second-order valence-corrected chi connectivity index (χ2v) is 20.9. The third-order valence-corrected chi connectivity index (χ3v) is 15.0. The fraction of sp³-hybridized carbons (Fsp3) is 0.481. The Balaban J connectivity index is 1.08. The fourth-order valence-corrected chi connectivity index (χ4v) is 10.1. The summed E-state index contributed by atoms with van der Waals surface area (Å²) in [4.78, 5) is 57.3. The first kappa shape index (κ1) is 57.1. The summed E-state index contributed by atoms with van der Waals surface area (Å²) in [5, 5.41) is 20.0. The highest BCUT2D eigenvalue weighted by Gasteiger charge is 2.57. The molecule has 2 bridgehead atoms. The van der Waals surface area contributed by atoms with Crippen molar-refractivity contribution >= 4 is 30.0 Å². The number of ether oxygens (including phenoxy) is 3. The van der Waals surface area contributed by atoms with Crippen LogP contribution in [0.3, 0.4) is 0 Å². The molecular formula is C54H61F7N10O7. The van der Waals surface area contributed by atoms with Gasteiger partial charge in [-0.05, 0) is 107 Å². The SMILES string of the molecule is COC(=O)N[C@H](C(=O)N[C@@H](Cc1ccc(C#Cc2ccc(N3CC4CCC(C3)N4C3COC3)nc2)cc1)[C@@H](O)CN1Cc2c(F)cc(-c3ncccn3)cc2C=C([C@@H](NC(=O)OC)C(C)(C)C(F)(F)F)N1)C(C)(C)C(F)(F)F. The molecular weight excluding hydrogens is 1030 g/mol. The summed E-state index contributed by atoms with van der Waals surface area (Å²) >= 11 is 0. The van der Waals surface area contributed by atoms with Crippen molar-refractivity contribution in [3.8, 4) is 23.2 Å². The summed E-state index contributed by atoms with van der Waals surface area (Å²) in [5.74, 6) is 4.91. The van der Waals surface area contributed by atoms with Gasteiger partial charge in [0.1, 0.15) is 17.7 Å². The highest BCUT2D eigenvalue weighted by molar-refractivity contribution is 5.87. The lowest BCUT2D eigenvalue weighted by Crippen LogP contribution is -2.62. The lowest BCUT2D eigenvalue weighted by Gasteiger charge is -2.47. The molecule has 4 aliphatic heterocycles. The number of alkyl halides is 6. The van der Waals surface area contributed by atoms with Gasteiger partial charge in [0, 0.05) is 79.1 Å². The summed E-state index contributed by atoms with van der Waals surface area (Å²) in [6, 6.07) is 10.1. The molecule has 5 N–H and O–H groups in total. The Morgan fingerprint density at radius 2 is 1.44 bits per heavy atom. The van der Waals surface area contributed by atoms with E-state index in [2.05, 4.69) is 52.4 Å². The van der Waals surface area contributed by atoms with E-state index in [-0.39, 0.29) is 34.6 Å². The molecule has 17 nitrogen and oxygen atoms in total. The monoisotopic (exact) mass is 1090 g/mol. The highest BCUT2D eigenvalue weighted by Crippen LogP contribution is 2.44. The number of aromatic nitrogens is 3. The maximum atomic E-state index is 16.4. The van der Waals surface area contributed by atoms with Gasteiger partial charge in [0.15, 0.2) is 5.82 Å². The molecule has 8 rings (SSSR count). The first-order valence-electron chi connectivity index (χ1n) is 25.2. The number of nitrogens with one attached hydrogen (secondary N) is 4. The maximum absolute atomic E-state index is 16.4. The quantitative estimate of drug-likeness (QED) is 0.0639. The predicted octanol–water partition coefficient (Wildman–Crippen LogP) is 6.51. The largest absolute Gasteiger partial charge is 0.453 e. The molecule has 3 saturated heterocycles. The topological polar surface area (TPSA) is 196 Å². The van der Waals surface area contributed by atoms with Crippen molar-refractivity contribution in [2.75, 3.05) is 52.0 Å². The van der Waals surface area contributed by atoms with Crippen LogP contribution >= 0.6 is 0 Å². The van der Waals surface area contributed by atoms with Gasteiger partial charge in [-0.3, -0.25) is 9.69 Å². The zero-order valence-corrected chi connectivity index (χ0v) is 43.6. The molecule has 24 heteroatoms. The molecule has 2 unspecified atom stereocenters. The Labute approximate surface area is 446 Å². The minimum atomic E-state index is -5.07. The molecule has 3 amide bonds. The minimum absolute atomic E-state index is 0.0371. The van der Waals surface area contributed by atoms with Crippen LogP contribution in [-0.4, -0.2) is 150 Å². The number of hydrogen-bond donors (Lipinski definition) is 5. The number of hydrazine groups is 1.